The predicted octanol–water partition coefficient (Wildman–Crippen LogP) is 5.26. The Balaban J connectivity index is 2.05. The number of amides is 1. The molecule has 0 aliphatic carbocycles. The van der Waals surface area contributed by atoms with Crippen LogP contribution in [0.5, 0.6) is 5.75 Å². The number of carbonyl (C=O) groups excluding carboxylic acids is 1. The van der Waals surface area contributed by atoms with Crippen LogP contribution >= 0.6 is 0 Å². The summed E-state index contributed by atoms with van der Waals surface area (Å²) < 4.78 is 6.13. The molecule has 1 aliphatic heterocycles. The second-order valence-corrected chi connectivity index (χ2v) is 9.14. The summed E-state index contributed by atoms with van der Waals surface area (Å²) in [6.45, 7) is 11.7. The minimum atomic E-state index is -0.0976. The summed E-state index contributed by atoms with van der Waals surface area (Å²) in [5.74, 6) is 2.25. The van der Waals surface area contributed by atoms with Gasteiger partial charge in [-0.25, -0.2) is 9.98 Å². The number of aromatic nitrogens is 1. The Labute approximate surface area is 216 Å². The summed E-state index contributed by atoms with van der Waals surface area (Å²) in [6.07, 6.45) is 11.9. The largest absolute Gasteiger partial charge is 0.483 e. The molecule has 0 saturated carbocycles. The van der Waals surface area contributed by atoms with Gasteiger partial charge in [0.15, 0.2) is 17.4 Å². The van der Waals surface area contributed by atoms with E-state index >= 15 is 0 Å². The first-order valence-electron chi connectivity index (χ1n) is 12.8. The number of ether oxygens (including phenoxy) is 1. The zero-order chi connectivity index (χ0) is 26.5. The molecule has 1 aromatic rings. The second-order valence-electron chi connectivity index (χ2n) is 9.14. The van der Waals surface area contributed by atoms with Crippen molar-refractivity contribution < 1.29 is 9.53 Å². The van der Waals surface area contributed by atoms with E-state index in [4.69, 9.17) is 15.9 Å². The van der Waals surface area contributed by atoms with Gasteiger partial charge in [-0.1, -0.05) is 39.3 Å². The zero-order valence-electron chi connectivity index (χ0n) is 22.4. The van der Waals surface area contributed by atoms with E-state index in [1.807, 2.05) is 44.2 Å². The number of nitrogens with zero attached hydrogens (tertiary/aromatic N) is 3. The van der Waals surface area contributed by atoms with Gasteiger partial charge in [0.2, 0.25) is 0 Å². The van der Waals surface area contributed by atoms with Crippen molar-refractivity contribution in [2.75, 3.05) is 24.6 Å². The Morgan fingerprint density at radius 2 is 2.11 bits per heavy atom. The molecule has 1 saturated heterocycles. The molecule has 1 amide bonds. The Morgan fingerprint density at radius 1 is 1.39 bits per heavy atom. The first-order valence-corrected chi connectivity index (χ1v) is 12.8. The molecule has 1 aliphatic rings. The number of aliphatic imine (C=N–C) groups is 1. The molecular weight excluding hydrogens is 451 g/mol. The SMILES string of the molecule is C/C=C\C(COc1cccnc1N1CCB(C(=O)N/C(C=N)=C/C(C)CC)CC1)=N/C(N)=C(C)CC. The van der Waals surface area contributed by atoms with Crippen molar-refractivity contribution in [2.24, 2.45) is 16.6 Å². The average molecular weight is 492 g/mol. The van der Waals surface area contributed by atoms with Gasteiger partial charge in [-0.3, -0.25) is 4.79 Å². The van der Waals surface area contributed by atoms with Gasteiger partial charge in [0, 0.05) is 25.5 Å². The maximum Gasteiger partial charge on any atom is 0.255 e. The number of nitrogens with one attached hydrogen (secondary N) is 2. The van der Waals surface area contributed by atoms with Crippen molar-refractivity contribution in [3.63, 3.8) is 0 Å². The Bertz CT molecular complexity index is 1010. The van der Waals surface area contributed by atoms with Gasteiger partial charge >= 0.3 is 0 Å². The lowest BCUT2D eigenvalue weighted by Gasteiger charge is -2.31. The Hall–Kier alpha value is -3.36. The molecule has 36 heavy (non-hydrogen) atoms. The van der Waals surface area contributed by atoms with E-state index in [0.717, 1.165) is 29.9 Å². The number of allylic oxidation sites excluding steroid dienone is 4. The molecule has 0 aromatic carbocycles. The third kappa shape index (κ3) is 8.70. The van der Waals surface area contributed by atoms with Crippen molar-refractivity contribution in [3.8, 4) is 5.75 Å². The van der Waals surface area contributed by atoms with Crippen molar-refractivity contribution in [2.45, 2.75) is 60.1 Å². The lowest BCUT2D eigenvalue weighted by molar-refractivity contribution is 0.260. The third-order valence-electron chi connectivity index (χ3n) is 6.41. The molecule has 0 spiro atoms. The molecule has 1 unspecified atom stereocenters. The van der Waals surface area contributed by atoms with Crippen LogP contribution in [0.3, 0.4) is 0 Å². The van der Waals surface area contributed by atoms with Gasteiger partial charge in [-0.15, -0.1) is 0 Å². The van der Waals surface area contributed by atoms with Crippen LogP contribution in [0.1, 0.15) is 47.5 Å². The van der Waals surface area contributed by atoms with Crippen molar-refractivity contribution in [1.29, 1.82) is 5.41 Å². The lowest BCUT2D eigenvalue weighted by Crippen LogP contribution is -2.45. The summed E-state index contributed by atoms with van der Waals surface area (Å²) >= 11 is 0. The normalized spacial score (nSPS) is 16.6. The minimum Gasteiger partial charge on any atom is -0.483 e. The molecule has 8 nitrogen and oxygen atoms in total. The summed E-state index contributed by atoms with van der Waals surface area (Å²) in [5.41, 5.74) is 8.46. The molecular formula is C27H41BN6O2. The second kappa shape index (κ2) is 14.9. The highest BCUT2D eigenvalue weighted by molar-refractivity contribution is 6.90. The predicted molar refractivity (Wildman–Crippen MR) is 152 cm³/mol. The fourth-order valence-electron chi connectivity index (χ4n) is 3.77. The smallest absolute Gasteiger partial charge is 0.255 e. The van der Waals surface area contributed by atoms with Gasteiger partial charge < -0.3 is 26.1 Å². The molecule has 2 rings (SSSR count). The first-order chi connectivity index (χ1) is 17.3. The lowest BCUT2D eigenvalue weighted by atomic mass is 9.42. The van der Waals surface area contributed by atoms with Gasteiger partial charge in [-0.05, 0) is 62.6 Å². The highest BCUT2D eigenvalue weighted by Gasteiger charge is 2.30. The number of pyridine rings is 1. The van der Waals surface area contributed by atoms with E-state index in [-0.39, 0.29) is 19.1 Å². The molecule has 1 atom stereocenters. The molecule has 9 heteroatoms. The molecule has 0 bridgehead atoms. The molecule has 194 valence electrons. The van der Waals surface area contributed by atoms with Crippen LogP contribution in [0.4, 0.5) is 10.6 Å². The summed E-state index contributed by atoms with van der Waals surface area (Å²) in [6, 6.07) is 3.75. The highest BCUT2D eigenvalue weighted by Crippen LogP contribution is 2.28. The fraction of sp³-hybridized carbons (Fsp3) is 0.481. The zero-order valence-corrected chi connectivity index (χ0v) is 22.4. The standard InChI is InChI=1S/C27H41BN6O2/c1-6-10-22(32-25(30)21(5)8-3)19-36-24-11-9-14-31-26(24)34-15-12-28(13-16-34)27(35)33-23(18-29)17-20(4)7-2/h6,9-11,14,17-18,20,29H,7-8,12-13,15-16,19,30H2,1-5H3,(H,33,35)/b10-6-,23-17+,25-21?,29-18?,32-22+. The van der Waals surface area contributed by atoms with E-state index in [1.54, 1.807) is 6.20 Å². The van der Waals surface area contributed by atoms with E-state index in [0.29, 0.717) is 48.9 Å². The van der Waals surface area contributed by atoms with Crippen LogP contribution < -0.4 is 20.7 Å². The number of anilines is 1. The number of hydrogen-bond donors (Lipinski definition) is 3. The van der Waals surface area contributed by atoms with Crippen LogP contribution in [0.15, 0.2) is 58.6 Å². The first kappa shape index (κ1) is 28.9. The van der Waals surface area contributed by atoms with Crippen molar-refractivity contribution in [1.82, 2.24) is 10.3 Å². The van der Waals surface area contributed by atoms with E-state index in [1.165, 1.54) is 6.21 Å². The Kier molecular flexibility index (Phi) is 12.0. The minimum absolute atomic E-state index is 0.0228. The quantitative estimate of drug-likeness (QED) is 0.272. The molecule has 1 aromatic heterocycles. The maximum absolute atomic E-state index is 12.8. The van der Waals surface area contributed by atoms with Crippen LogP contribution in [0.2, 0.25) is 12.6 Å². The Morgan fingerprint density at radius 3 is 2.72 bits per heavy atom. The van der Waals surface area contributed by atoms with Crippen LogP contribution in [0.25, 0.3) is 0 Å². The van der Waals surface area contributed by atoms with Gasteiger partial charge in [0.05, 0.1) is 11.4 Å². The van der Waals surface area contributed by atoms with Gasteiger partial charge in [-0.2, -0.15) is 0 Å². The number of rotatable bonds is 12. The molecule has 0 radical (unpaired) electrons. The molecule has 4 N–H and O–H groups in total. The third-order valence-corrected chi connectivity index (χ3v) is 6.41. The summed E-state index contributed by atoms with van der Waals surface area (Å²) in [4.78, 5) is 24.1. The van der Waals surface area contributed by atoms with Crippen molar-refractivity contribution >= 4 is 30.3 Å². The summed E-state index contributed by atoms with van der Waals surface area (Å²) in [5, 5.41) is 10.5. The van der Waals surface area contributed by atoms with Crippen molar-refractivity contribution in [3.05, 3.63) is 53.6 Å². The molecule has 1 fully saturated rings. The van der Waals surface area contributed by atoms with E-state index in [9.17, 15) is 4.79 Å². The maximum atomic E-state index is 12.8. The van der Waals surface area contributed by atoms with Gasteiger partial charge in [0.1, 0.15) is 12.4 Å². The van der Waals surface area contributed by atoms with Gasteiger partial charge in [0.25, 0.3) is 6.71 Å². The average Bonchev–Trinajstić information content (AvgIpc) is 2.90. The van der Waals surface area contributed by atoms with E-state index < -0.39 is 0 Å². The van der Waals surface area contributed by atoms with E-state index in [2.05, 4.69) is 41.0 Å². The van der Waals surface area contributed by atoms with Crippen LogP contribution in [-0.2, 0) is 0 Å². The summed E-state index contributed by atoms with van der Waals surface area (Å²) in [7, 11) is 0. The number of carbonyl (C=O) groups is 1. The van der Waals surface area contributed by atoms with Crippen LogP contribution in [-0.4, -0.2) is 49.1 Å². The topological polar surface area (TPSA) is 117 Å². The van der Waals surface area contributed by atoms with Crippen LogP contribution in [0, 0.1) is 11.3 Å². The highest BCUT2D eigenvalue weighted by atomic mass is 16.5. The number of hydrogen-bond acceptors (Lipinski definition) is 7. The monoisotopic (exact) mass is 492 g/mol. The molecule has 2 heterocycles. The number of nitrogens with two attached hydrogens (primary N) is 1. The fourth-order valence-corrected chi connectivity index (χ4v) is 3.77.